The molecule has 7 amide bonds. The summed E-state index contributed by atoms with van der Waals surface area (Å²) in [6, 6.07) is 11.4. The number of benzene rings is 2. The van der Waals surface area contributed by atoms with Gasteiger partial charge in [-0.05, 0) is 68.6 Å². The molecule has 2 aromatic carbocycles. The maximum Gasteiger partial charge on any atom is 0.320 e. The van der Waals surface area contributed by atoms with Gasteiger partial charge in [0.05, 0.1) is 23.4 Å². The Kier molecular flexibility index (Phi) is 11.6. The summed E-state index contributed by atoms with van der Waals surface area (Å²) in [5.74, 6) is -1.33. The molecule has 6 heterocycles. The number of aliphatic hydroxyl groups excluding tert-OH is 1. The van der Waals surface area contributed by atoms with Crippen molar-refractivity contribution in [2.75, 3.05) is 86.4 Å². The Morgan fingerprint density at radius 2 is 1.72 bits per heavy atom. The van der Waals surface area contributed by atoms with E-state index in [1.807, 2.05) is 24.1 Å². The van der Waals surface area contributed by atoms with Crippen LogP contribution in [0.5, 0.6) is 0 Å². The Hall–Kier alpha value is -6.18. The zero-order valence-corrected chi connectivity index (χ0v) is 33.5. The second-order valence-electron chi connectivity index (χ2n) is 15.9. The third-order valence-corrected chi connectivity index (χ3v) is 11.9. The van der Waals surface area contributed by atoms with Crippen molar-refractivity contribution in [1.82, 2.24) is 34.9 Å². The van der Waals surface area contributed by atoms with Gasteiger partial charge in [-0.1, -0.05) is 6.07 Å². The minimum absolute atomic E-state index is 0.0396. The summed E-state index contributed by atoms with van der Waals surface area (Å²) in [4.78, 5) is 96.6. The molecule has 19 nitrogen and oxygen atoms in total. The molecule has 6 N–H and O–H groups in total. The molecule has 0 radical (unpaired) electrons. The van der Waals surface area contributed by atoms with Crippen LogP contribution in [-0.4, -0.2) is 148 Å². The van der Waals surface area contributed by atoms with Gasteiger partial charge in [-0.25, -0.2) is 14.8 Å². The number of likely N-dealkylation sites (N-methyl/N-ethyl adjacent to an activating group) is 1. The Morgan fingerprint density at radius 3 is 2.47 bits per heavy atom. The van der Waals surface area contributed by atoms with Crippen LogP contribution in [0.15, 0.2) is 48.7 Å². The van der Waals surface area contributed by atoms with Crippen LogP contribution in [0.3, 0.4) is 0 Å². The standard InChI is InChI=1S/C41H50N12O7/c1-48-15-20-52(41(48)60)28-7-3-14-51(24-28)32-23-43-35(36(42)56)37(46-32)45-26-6-2-5-25(21-26)44-33(54)8-4-13-49-16-18-50(19-17-49)27-9-10-29-30(22-27)40(59)53(39(29)58)31-11-12-34(55)47-38(31)57/h2,5-6,9-10,21-23,28,31,36,56H,3-4,7-8,11-20,24,42H2,1H3,(H,44,54)(H,45,46)(H,47,55,57)/t28-,31?,36?/m1/s1. The summed E-state index contributed by atoms with van der Waals surface area (Å²) in [5.41, 5.74) is 8.57. The van der Waals surface area contributed by atoms with E-state index < -0.39 is 35.9 Å². The van der Waals surface area contributed by atoms with Gasteiger partial charge >= 0.3 is 6.03 Å². The van der Waals surface area contributed by atoms with Crippen LogP contribution < -0.4 is 31.5 Å². The second-order valence-corrected chi connectivity index (χ2v) is 15.9. The fraction of sp³-hybridized carbons (Fsp3) is 0.463. The van der Waals surface area contributed by atoms with Gasteiger partial charge in [0.2, 0.25) is 17.7 Å². The highest BCUT2D eigenvalue weighted by Gasteiger charge is 2.45. The molecule has 1 aromatic heterocycles. The molecule has 316 valence electrons. The number of amides is 7. The number of aliphatic hydroxyl groups is 1. The Morgan fingerprint density at radius 1 is 0.933 bits per heavy atom. The number of hydrogen-bond donors (Lipinski definition) is 5. The van der Waals surface area contributed by atoms with Crippen molar-refractivity contribution in [3.8, 4) is 0 Å². The average Bonchev–Trinajstić information content (AvgIpc) is 3.70. The number of imide groups is 2. The minimum Gasteiger partial charge on any atom is -0.373 e. The van der Waals surface area contributed by atoms with Crippen molar-refractivity contribution in [3.05, 3.63) is 65.5 Å². The Labute approximate surface area is 346 Å². The third kappa shape index (κ3) is 8.45. The van der Waals surface area contributed by atoms with Crippen molar-refractivity contribution in [3.63, 3.8) is 0 Å². The number of hydrogen-bond acceptors (Lipinski definition) is 14. The number of carbonyl (C=O) groups excluding carboxylic acids is 6. The summed E-state index contributed by atoms with van der Waals surface area (Å²) in [6.45, 7) is 6.38. The molecule has 4 fully saturated rings. The fourth-order valence-corrected chi connectivity index (χ4v) is 8.66. The molecule has 5 aliphatic rings. The molecule has 8 rings (SSSR count). The van der Waals surface area contributed by atoms with E-state index in [1.165, 1.54) is 0 Å². The van der Waals surface area contributed by atoms with Gasteiger partial charge in [0.25, 0.3) is 11.8 Å². The molecule has 3 atom stereocenters. The highest BCUT2D eigenvalue weighted by Crippen LogP contribution is 2.32. The van der Waals surface area contributed by atoms with E-state index in [0.717, 1.165) is 49.6 Å². The fourth-order valence-electron chi connectivity index (χ4n) is 8.66. The lowest BCUT2D eigenvalue weighted by molar-refractivity contribution is -0.136. The Bertz CT molecular complexity index is 2190. The van der Waals surface area contributed by atoms with E-state index in [1.54, 1.807) is 41.4 Å². The summed E-state index contributed by atoms with van der Waals surface area (Å²) in [6.07, 6.45) is 3.16. The van der Waals surface area contributed by atoms with Crippen LogP contribution in [0.2, 0.25) is 0 Å². The topological polar surface area (TPSA) is 230 Å². The predicted molar refractivity (Wildman–Crippen MR) is 221 cm³/mol. The molecule has 19 heteroatoms. The number of nitrogens with two attached hydrogens (primary N) is 1. The lowest BCUT2D eigenvalue weighted by Gasteiger charge is -2.38. The van der Waals surface area contributed by atoms with E-state index in [-0.39, 0.29) is 47.6 Å². The highest BCUT2D eigenvalue weighted by molar-refractivity contribution is 6.23. The van der Waals surface area contributed by atoms with Crippen molar-refractivity contribution in [1.29, 1.82) is 0 Å². The van der Waals surface area contributed by atoms with Crippen LogP contribution >= 0.6 is 0 Å². The molecule has 4 saturated heterocycles. The molecular formula is C41H50N12O7. The lowest BCUT2D eigenvalue weighted by Crippen LogP contribution is -2.54. The van der Waals surface area contributed by atoms with Crippen molar-refractivity contribution in [2.45, 2.75) is 56.8 Å². The quantitative estimate of drug-likeness (QED) is 0.129. The number of piperidine rings is 2. The molecule has 5 aliphatic heterocycles. The molecule has 0 spiro atoms. The monoisotopic (exact) mass is 822 g/mol. The molecule has 0 aliphatic carbocycles. The average molecular weight is 823 g/mol. The third-order valence-electron chi connectivity index (χ3n) is 11.9. The largest absolute Gasteiger partial charge is 0.373 e. The minimum atomic E-state index is -1.37. The van der Waals surface area contributed by atoms with Crippen LogP contribution in [0.25, 0.3) is 0 Å². The second kappa shape index (κ2) is 17.2. The van der Waals surface area contributed by atoms with Gasteiger partial charge in [-0.3, -0.25) is 39.1 Å². The van der Waals surface area contributed by atoms with E-state index in [2.05, 4.69) is 35.6 Å². The van der Waals surface area contributed by atoms with E-state index >= 15 is 0 Å². The first kappa shape index (κ1) is 40.6. The van der Waals surface area contributed by atoms with E-state index in [9.17, 15) is 33.9 Å². The van der Waals surface area contributed by atoms with E-state index in [0.29, 0.717) is 68.6 Å². The van der Waals surface area contributed by atoms with Crippen molar-refractivity contribution in [2.24, 2.45) is 5.73 Å². The van der Waals surface area contributed by atoms with Gasteiger partial charge in [0.15, 0.2) is 5.82 Å². The zero-order valence-electron chi connectivity index (χ0n) is 33.5. The first-order valence-electron chi connectivity index (χ1n) is 20.5. The van der Waals surface area contributed by atoms with Gasteiger partial charge < -0.3 is 41.1 Å². The smallest absolute Gasteiger partial charge is 0.320 e. The van der Waals surface area contributed by atoms with Crippen LogP contribution in [0.1, 0.15) is 71.2 Å². The maximum absolute atomic E-state index is 13.3. The molecule has 0 saturated carbocycles. The highest BCUT2D eigenvalue weighted by atomic mass is 16.3. The summed E-state index contributed by atoms with van der Waals surface area (Å²) < 4.78 is 0. The number of rotatable bonds is 12. The van der Waals surface area contributed by atoms with Gasteiger partial charge in [0, 0.05) is 89.3 Å². The normalized spacial score (nSPS) is 21.7. The summed E-state index contributed by atoms with van der Waals surface area (Å²) in [7, 11) is 1.81. The van der Waals surface area contributed by atoms with Gasteiger partial charge in [0.1, 0.15) is 23.8 Å². The zero-order chi connectivity index (χ0) is 42.1. The summed E-state index contributed by atoms with van der Waals surface area (Å²) in [5, 5.41) is 18.7. The van der Waals surface area contributed by atoms with Crippen molar-refractivity contribution >= 4 is 64.3 Å². The number of nitrogens with one attached hydrogen (secondary N) is 3. The van der Waals surface area contributed by atoms with E-state index in [4.69, 9.17) is 10.7 Å². The number of fused-ring (bicyclic) bond motifs is 1. The number of nitrogens with zero attached hydrogens (tertiary/aromatic N) is 8. The number of aromatic nitrogens is 2. The number of anilines is 5. The number of urea groups is 1. The predicted octanol–water partition coefficient (Wildman–Crippen LogP) is 1.45. The first-order valence-corrected chi connectivity index (χ1v) is 20.5. The van der Waals surface area contributed by atoms with Crippen molar-refractivity contribution < 1.29 is 33.9 Å². The number of carbonyl (C=O) groups is 6. The molecule has 3 aromatic rings. The molecule has 2 unspecified atom stereocenters. The lowest BCUT2D eigenvalue weighted by atomic mass is 10.0. The molecular weight excluding hydrogens is 773 g/mol. The van der Waals surface area contributed by atoms with Gasteiger partial charge in [-0.2, -0.15) is 0 Å². The maximum atomic E-state index is 13.3. The first-order chi connectivity index (χ1) is 28.9. The molecule has 0 bridgehead atoms. The summed E-state index contributed by atoms with van der Waals surface area (Å²) >= 11 is 0. The van der Waals surface area contributed by atoms with Crippen LogP contribution in [0, 0.1) is 0 Å². The van der Waals surface area contributed by atoms with Gasteiger partial charge in [-0.15, -0.1) is 0 Å². The van der Waals surface area contributed by atoms with Crippen LogP contribution in [0.4, 0.5) is 33.5 Å². The number of piperazine rings is 1. The molecule has 60 heavy (non-hydrogen) atoms. The SMILES string of the molecule is CN1CCN([C@@H]2CCCN(c3cnc(C(N)O)c(Nc4cccc(NC(=O)CCCN5CCN(c6ccc7c(c6)C(=O)N(C6CCC(=O)NC6=O)C7=O)CC5)c4)n3)C2)C1=O. The van der Waals surface area contributed by atoms with Crippen LogP contribution in [-0.2, 0) is 14.4 Å². The Balaban J connectivity index is 0.811.